The van der Waals surface area contributed by atoms with Crippen LogP contribution in [-0.4, -0.2) is 24.4 Å². The monoisotopic (exact) mass is 442 g/mol. The summed E-state index contributed by atoms with van der Waals surface area (Å²) in [6.07, 6.45) is 1.93. The number of carbonyl (C=O) groups is 1. The van der Waals surface area contributed by atoms with Gasteiger partial charge in [-0.1, -0.05) is 30.3 Å². The molecule has 0 bridgehead atoms. The van der Waals surface area contributed by atoms with E-state index in [0.717, 1.165) is 10.5 Å². The molecule has 0 fully saturated rings. The smallest absolute Gasteiger partial charge is 0.244 e. The number of fused-ring (bicyclic) bond motifs is 1. The lowest BCUT2D eigenvalue weighted by Crippen LogP contribution is -2.33. The molecule has 0 radical (unpaired) electrons. The molecule has 1 aromatic heterocycles. The number of nitrogens with zero attached hydrogens (tertiary/aromatic N) is 1. The Morgan fingerprint density at radius 3 is 2.67 bits per heavy atom. The van der Waals surface area contributed by atoms with Crippen molar-refractivity contribution in [3.8, 4) is 0 Å². The van der Waals surface area contributed by atoms with Crippen molar-refractivity contribution in [2.24, 2.45) is 0 Å². The minimum atomic E-state index is -3.87. The number of hydrogen-bond acceptors (Lipinski definition) is 5. The number of amides is 1. The van der Waals surface area contributed by atoms with Gasteiger partial charge in [0.25, 0.3) is 0 Å². The van der Waals surface area contributed by atoms with Gasteiger partial charge in [-0.2, -0.15) is 4.31 Å². The van der Waals surface area contributed by atoms with Crippen LogP contribution >= 0.6 is 11.8 Å². The second-order valence-corrected chi connectivity index (χ2v) is 10.0. The van der Waals surface area contributed by atoms with E-state index in [9.17, 15) is 13.2 Å². The Morgan fingerprint density at radius 2 is 1.93 bits per heavy atom. The van der Waals surface area contributed by atoms with Gasteiger partial charge in [0, 0.05) is 23.1 Å². The van der Waals surface area contributed by atoms with Crippen LogP contribution in [-0.2, 0) is 21.4 Å². The summed E-state index contributed by atoms with van der Waals surface area (Å²) < 4.78 is 34.2. The lowest BCUT2D eigenvalue weighted by molar-refractivity contribution is -0.115. The molecular weight excluding hydrogens is 420 g/mol. The van der Waals surface area contributed by atoms with Gasteiger partial charge in [-0.05, 0) is 42.8 Å². The molecule has 4 rings (SSSR count). The number of nitrogens with one attached hydrogen (secondary N) is 1. The summed E-state index contributed by atoms with van der Waals surface area (Å²) in [6.45, 7) is 1.96. The maximum atomic E-state index is 13.7. The van der Waals surface area contributed by atoms with Crippen LogP contribution in [0.2, 0.25) is 0 Å². The fourth-order valence-electron chi connectivity index (χ4n) is 3.38. The van der Waals surface area contributed by atoms with E-state index in [1.807, 2.05) is 37.3 Å². The largest absolute Gasteiger partial charge is 0.468 e. The van der Waals surface area contributed by atoms with E-state index in [1.54, 1.807) is 42.1 Å². The first-order valence-electron chi connectivity index (χ1n) is 9.61. The third kappa shape index (κ3) is 4.30. The summed E-state index contributed by atoms with van der Waals surface area (Å²) in [5, 5.41) is 2.82. The van der Waals surface area contributed by atoms with Gasteiger partial charge >= 0.3 is 0 Å². The van der Waals surface area contributed by atoms with Crippen LogP contribution < -0.4 is 5.32 Å². The fraction of sp³-hybridized carbons (Fsp3) is 0.227. The van der Waals surface area contributed by atoms with Crippen LogP contribution in [0.15, 0.2) is 81.1 Å². The highest BCUT2D eigenvalue weighted by molar-refractivity contribution is 7.99. The molecular formula is C22H22N2O4S2. The zero-order valence-electron chi connectivity index (χ0n) is 16.4. The number of benzene rings is 2. The molecule has 0 saturated heterocycles. The highest BCUT2D eigenvalue weighted by Crippen LogP contribution is 2.35. The van der Waals surface area contributed by atoms with Gasteiger partial charge in [-0.25, -0.2) is 8.42 Å². The first kappa shape index (κ1) is 20.7. The second kappa shape index (κ2) is 8.67. The maximum Gasteiger partial charge on any atom is 0.244 e. The highest BCUT2D eigenvalue weighted by Gasteiger charge is 2.31. The van der Waals surface area contributed by atoms with Crippen LogP contribution in [0.5, 0.6) is 0 Å². The van der Waals surface area contributed by atoms with Gasteiger partial charge < -0.3 is 9.73 Å². The first-order valence-corrected chi connectivity index (χ1v) is 12.0. The average Bonchev–Trinajstić information content (AvgIpc) is 3.19. The minimum Gasteiger partial charge on any atom is -0.468 e. The van der Waals surface area contributed by atoms with Crippen molar-refractivity contribution in [2.75, 3.05) is 11.1 Å². The van der Waals surface area contributed by atoms with Gasteiger partial charge in [0.2, 0.25) is 15.9 Å². The lowest BCUT2D eigenvalue weighted by atomic mass is 10.1. The Labute approximate surface area is 180 Å². The standard InChI is InChI=1S/C22H22N2O4S2/c1-16(17-6-3-2-4-7-17)24(15-18-8-5-12-28-18)30(26,27)19-9-10-21-20(14-19)23-22(25)11-13-29-21/h2-10,12,14,16H,11,13,15H2,1H3,(H,23,25). The molecule has 1 atom stereocenters. The van der Waals surface area contributed by atoms with E-state index in [1.165, 1.54) is 10.6 Å². The third-order valence-electron chi connectivity index (χ3n) is 5.02. The normalized spacial score (nSPS) is 15.3. The van der Waals surface area contributed by atoms with E-state index in [4.69, 9.17) is 4.42 Å². The molecule has 1 unspecified atom stereocenters. The number of rotatable bonds is 6. The molecule has 1 N–H and O–H groups in total. The zero-order valence-corrected chi connectivity index (χ0v) is 18.1. The topological polar surface area (TPSA) is 79.6 Å². The summed E-state index contributed by atoms with van der Waals surface area (Å²) in [7, 11) is -3.87. The van der Waals surface area contributed by atoms with Crippen molar-refractivity contribution in [1.82, 2.24) is 4.31 Å². The molecule has 8 heteroatoms. The van der Waals surface area contributed by atoms with Crippen molar-refractivity contribution in [1.29, 1.82) is 0 Å². The Kier molecular flexibility index (Phi) is 5.99. The second-order valence-electron chi connectivity index (χ2n) is 7.02. The van der Waals surface area contributed by atoms with E-state index in [0.29, 0.717) is 23.6 Å². The van der Waals surface area contributed by atoms with Crippen LogP contribution in [0, 0.1) is 0 Å². The molecule has 6 nitrogen and oxygen atoms in total. The minimum absolute atomic E-state index is 0.101. The molecule has 30 heavy (non-hydrogen) atoms. The number of carbonyl (C=O) groups excluding carboxylic acids is 1. The summed E-state index contributed by atoms with van der Waals surface area (Å²) in [4.78, 5) is 13.0. The maximum absolute atomic E-state index is 13.7. The zero-order chi connectivity index (χ0) is 21.1. The van der Waals surface area contributed by atoms with Gasteiger partial charge in [0.05, 0.1) is 23.4 Å². The average molecular weight is 443 g/mol. The molecule has 0 aliphatic carbocycles. The molecule has 1 aliphatic heterocycles. The van der Waals surface area contributed by atoms with Crippen molar-refractivity contribution in [3.63, 3.8) is 0 Å². The number of hydrogen-bond donors (Lipinski definition) is 1. The number of sulfonamides is 1. The molecule has 3 aromatic rings. The van der Waals surface area contributed by atoms with Gasteiger partial charge in [-0.3, -0.25) is 4.79 Å². The first-order chi connectivity index (χ1) is 14.4. The van der Waals surface area contributed by atoms with Crippen LogP contribution in [0.4, 0.5) is 5.69 Å². The Bertz CT molecular complexity index is 1130. The fourth-order valence-corrected chi connectivity index (χ4v) is 5.93. The van der Waals surface area contributed by atoms with Gasteiger partial charge in [-0.15, -0.1) is 11.8 Å². The van der Waals surface area contributed by atoms with E-state index in [-0.39, 0.29) is 17.3 Å². The van der Waals surface area contributed by atoms with Gasteiger partial charge in [0.1, 0.15) is 5.76 Å². The van der Waals surface area contributed by atoms with Crippen LogP contribution in [0.3, 0.4) is 0 Å². The van der Waals surface area contributed by atoms with E-state index >= 15 is 0 Å². The predicted molar refractivity (Wildman–Crippen MR) is 117 cm³/mol. The van der Waals surface area contributed by atoms with Crippen LogP contribution in [0.25, 0.3) is 0 Å². The van der Waals surface area contributed by atoms with Crippen molar-refractivity contribution in [3.05, 3.63) is 78.3 Å². The van der Waals surface area contributed by atoms with Gasteiger partial charge in [0.15, 0.2) is 0 Å². The number of furan rings is 1. The Hall–Kier alpha value is -2.55. The number of anilines is 1. The number of thioether (sulfide) groups is 1. The van der Waals surface area contributed by atoms with Crippen molar-refractivity contribution >= 4 is 33.4 Å². The summed E-state index contributed by atoms with van der Waals surface area (Å²) >= 11 is 1.54. The Balaban J connectivity index is 1.74. The molecule has 1 amide bonds. The summed E-state index contributed by atoms with van der Waals surface area (Å²) in [5.41, 5.74) is 1.42. The molecule has 0 saturated carbocycles. The van der Waals surface area contributed by atoms with Crippen molar-refractivity contribution in [2.45, 2.75) is 35.7 Å². The SMILES string of the molecule is CC(c1ccccc1)N(Cc1ccco1)S(=O)(=O)c1ccc2c(c1)NC(=O)CCS2. The van der Waals surface area contributed by atoms with Crippen molar-refractivity contribution < 1.29 is 17.6 Å². The molecule has 1 aliphatic rings. The van der Waals surface area contributed by atoms with E-state index < -0.39 is 16.1 Å². The van der Waals surface area contributed by atoms with E-state index in [2.05, 4.69) is 5.32 Å². The molecule has 156 valence electrons. The molecule has 2 aromatic carbocycles. The quantitative estimate of drug-likeness (QED) is 0.600. The van der Waals surface area contributed by atoms with Crippen LogP contribution in [0.1, 0.15) is 30.7 Å². The summed E-state index contributed by atoms with van der Waals surface area (Å²) in [5.74, 6) is 1.11. The highest BCUT2D eigenvalue weighted by atomic mass is 32.2. The Morgan fingerprint density at radius 1 is 1.13 bits per heavy atom. The summed E-state index contributed by atoms with van der Waals surface area (Å²) in [6, 6.07) is 17.5. The predicted octanol–water partition coefficient (Wildman–Crippen LogP) is 4.67. The lowest BCUT2D eigenvalue weighted by Gasteiger charge is -2.28. The molecule has 0 spiro atoms. The third-order valence-corrected chi connectivity index (χ3v) is 8.01. The molecule has 2 heterocycles.